The van der Waals surface area contributed by atoms with E-state index in [9.17, 15) is 0 Å². The first-order chi connectivity index (χ1) is 26.4. The van der Waals surface area contributed by atoms with Gasteiger partial charge in [0.15, 0.2) is 7.28 Å². The summed E-state index contributed by atoms with van der Waals surface area (Å²) >= 11 is 0. The largest absolute Gasteiger partial charge is 0.355 e. The molecular weight excluding hydrogens is 663 g/mol. The first kappa shape index (κ1) is 34.0. The molecule has 0 fully saturated rings. The topological polar surface area (TPSA) is 15.3 Å². The second-order valence-electron chi connectivity index (χ2n) is 18.0. The van der Waals surface area contributed by atoms with Crippen LogP contribution in [0.4, 0.5) is 28.4 Å². The van der Waals surface area contributed by atoms with Gasteiger partial charge in [-0.3, -0.25) is 0 Å². The standard InChI is InChI=1S/C52H48BN2/c1-32-16-11-14-21-37(32)35-26-39(38-30-41-42(51(4,5)25-24-50(41,2)3)31-45(38)54-36-19-9-8-10-20-36)48-47(29-35)55-46-28-34-18-13-12-17-33(34)27-43(46)52(6,7)40-22-15-23-44(53-48)49(40)55/h8-23,26-31,54H,24-25H2,1-7H3. The summed E-state index contributed by atoms with van der Waals surface area (Å²) in [5.41, 5.74) is 20.4. The van der Waals surface area contributed by atoms with Crippen LogP contribution in [0.2, 0.25) is 0 Å². The maximum atomic E-state index is 3.95. The van der Waals surface area contributed by atoms with Crippen LogP contribution in [0.5, 0.6) is 0 Å². The van der Waals surface area contributed by atoms with Crippen molar-refractivity contribution < 1.29 is 0 Å². The third-order valence-corrected chi connectivity index (χ3v) is 13.2. The van der Waals surface area contributed by atoms with Gasteiger partial charge in [-0.1, -0.05) is 132 Å². The lowest BCUT2D eigenvalue weighted by atomic mass is 9.55. The Morgan fingerprint density at radius 1 is 0.545 bits per heavy atom. The van der Waals surface area contributed by atoms with E-state index in [0.29, 0.717) is 0 Å². The summed E-state index contributed by atoms with van der Waals surface area (Å²) in [7, 11) is 2.48. The van der Waals surface area contributed by atoms with Gasteiger partial charge >= 0.3 is 0 Å². The minimum atomic E-state index is -0.174. The van der Waals surface area contributed by atoms with Crippen LogP contribution in [0.3, 0.4) is 0 Å². The lowest BCUT2D eigenvalue weighted by Crippen LogP contribution is -2.45. The van der Waals surface area contributed by atoms with Crippen LogP contribution in [-0.4, -0.2) is 7.28 Å². The molecule has 10 rings (SSSR count). The van der Waals surface area contributed by atoms with Crippen molar-refractivity contribution in [1.82, 2.24) is 0 Å². The van der Waals surface area contributed by atoms with Crippen LogP contribution >= 0.6 is 0 Å². The predicted octanol–water partition coefficient (Wildman–Crippen LogP) is 12.7. The number of para-hydroxylation sites is 2. The third kappa shape index (κ3) is 5.23. The van der Waals surface area contributed by atoms with Crippen LogP contribution in [0.15, 0.2) is 133 Å². The molecule has 3 aliphatic rings. The molecule has 7 aromatic carbocycles. The van der Waals surface area contributed by atoms with Crippen molar-refractivity contribution in [3.8, 4) is 22.3 Å². The first-order valence-electron chi connectivity index (χ1n) is 20.0. The van der Waals surface area contributed by atoms with E-state index in [1.54, 1.807) is 0 Å². The van der Waals surface area contributed by atoms with Gasteiger partial charge in [-0.2, -0.15) is 0 Å². The molecule has 2 aliphatic heterocycles. The van der Waals surface area contributed by atoms with Crippen molar-refractivity contribution in [2.24, 2.45) is 0 Å². The second-order valence-corrected chi connectivity index (χ2v) is 18.0. The van der Waals surface area contributed by atoms with Crippen molar-refractivity contribution in [1.29, 1.82) is 0 Å². The van der Waals surface area contributed by atoms with Gasteiger partial charge in [-0.25, -0.2) is 0 Å². The van der Waals surface area contributed by atoms with Gasteiger partial charge in [-0.15, -0.1) is 0 Å². The summed E-state index contributed by atoms with van der Waals surface area (Å²) in [6.07, 6.45) is 2.33. The maximum Gasteiger partial charge on any atom is 0.197 e. The van der Waals surface area contributed by atoms with Crippen molar-refractivity contribution in [3.63, 3.8) is 0 Å². The second kappa shape index (κ2) is 12.0. The van der Waals surface area contributed by atoms with Gasteiger partial charge in [0.05, 0.1) is 5.69 Å². The number of aryl methyl sites for hydroxylation is 1. The highest BCUT2D eigenvalue weighted by Gasteiger charge is 2.42. The van der Waals surface area contributed by atoms with E-state index in [1.807, 2.05) is 0 Å². The Balaban J connectivity index is 1.32. The maximum absolute atomic E-state index is 3.95. The Kier molecular flexibility index (Phi) is 7.40. The summed E-state index contributed by atoms with van der Waals surface area (Å²) in [4.78, 5) is 2.61. The van der Waals surface area contributed by atoms with Crippen LogP contribution in [0.1, 0.15) is 82.2 Å². The van der Waals surface area contributed by atoms with Crippen LogP contribution in [0, 0.1) is 6.92 Å². The number of rotatable bonds is 4. The van der Waals surface area contributed by atoms with E-state index in [4.69, 9.17) is 0 Å². The van der Waals surface area contributed by atoms with Crippen molar-refractivity contribution in [3.05, 3.63) is 161 Å². The zero-order chi connectivity index (χ0) is 37.9. The average Bonchev–Trinajstić information content (AvgIpc) is 3.18. The number of hydrogen-bond donors (Lipinski definition) is 1. The smallest absolute Gasteiger partial charge is 0.197 e. The first-order valence-corrected chi connectivity index (χ1v) is 20.0. The van der Waals surface area contributed by atoms with Crippen molar-refractivity contribution in [2.45, 2.75) is 77.6 Å². The van der Waals surface area contributed by atoms with Gasteiger partial charge in [0, 0.05) is 33.7 Å². The van der Waals surface area contributed by atoms with Crippen molar-refractivity contribution in [2.75, 3.05) is 10.2 Å². The van der Waals surface area contributed by atoms with E-state index in [1.165, 1.54) is 95.3 Å². The van der Waals surface area contributed by atoms with Gasteiger partial charge in [0.2, 0.25) is 0 Å². The molecule has 1 aliphatic carbocycles. The summed E-state index contributed by atoms with van der Waals surface area (Å²) < 4.78 is 0. The minimum Gasteiger partial charge on any atom is -0.355 e. The molecule has 0 unspecified atom stereocenters. The van der Waals surface area contributed by atoms with Gasteiger partial charge < -0.3 is 10.2 Å². The zero-order valence-corrected chi connectivity index (χ0v) is 33.1. The molecule has 2 heterocycles. The fourth-order valence-corrected chi connectivity index (χ4v) is 9.88. The molecule has 7 aromatic rings. The predicted molar refractivity (Wildman–Crippen MR) is 236 cm³/mol. The molecule has 2 nitrogen and oxygen atoms in total. The molecular formula is C52H48BN2. The quantitative estimate of drug-likeness (QED) is 0.183. The number of nitrogens with zero attached hydrogens (tertiary/aromatic N) is 1. The zero-order valence-electron chi connectivity index (χ0n) is 33.1. The van der Waals surface area contributed by atoms with E-state index >= 15 is 0 Å². The Hall–Kier alpha value is -5.54. The SMILES string of the molecule is Cc1ccccc1-c1cc(-c2cc3c(cc2Nc2ccccc2)C(C)(C)CCC3(C)C)c2c(c1)N1c3cc4ccccc4cc3C(C)(C)c3cccc(c31)[B]2. The number of hydrogen-bond acceptors (Lipinski definition) is 2. The molecule has 0 atom stereocenters. The highest BCUT2D eigenvalue weighted by Crippen LogP contribution is 2.55. The number of fused-ring (bicyclic) bond motifs is 6. The van der Waals surface area contributed by atoms with Gasteiger partial charge in [0.1, 0.15) is 0 Å². The Morgan fingerprint density at radius 3 is 1.96 bits per heavy atom. The molecule has 0 saturated carbocycles. The molecule has 1 N–H and O–H groups in total. The van der Waals surface area contributed by atoms with E-state index in [-0.39, 0.29) is 16.2 Å². The average molecular weight is 712 g/mol. The molecule has 3 heteroatoms. The van der Waals surface area contributed by atoms with E-state index < -0.39 is 0 Å². The molecule has 0 aromatic heterocycles. The fraction of sp³-hybridized carbons (Fsp3) is 0.231. The van der Waals surface area contributed by atoms with Crippen LogP contribution < -0.4 is 21.1 Å². The number of benzene rings is 7. The highest BCUT2D eigenvalue weighted by molar-refractivity contribution is 6.73. The molecule has 0 saturated heterocycles. The fourth-order valence-electron chi connectivity index (χ4n) is 9.88. The monoisotopic (exact) mass is 711 g/mol. The number of nitrogens with one attached hydrogen (secondary N) is 1. The molecule has 0 bridgehead atoms. The molecule has 0 amide bonds. The molecule has 0 spiro atoms. The summed E-state index contributed by atoms with van der Waals surface area (Å²) in [6, 6.07) is 50.2. The van der Waals surface area contributed by atoms with E-state index in [2.05, 4.69) is 199 Å². The Bertz CT molecular complexity index is 2700. The highest BCUT2D eigenvalue weighted by atomic mass is 15.2. The van der Waals surface area contributed by atoms with Gasteiger partial charge in [-0.05, 0) is 140 Å². The molecule has 269 valence electrons. The molecule has 1 radical (unpaired) electrons. The van der Waals surface area contributed by atoms with Gasteiger partial charge in [0.25, 0.3) is 0 Å². The lowest BCUT2D eigenvalue weighted by molar-refractivity contribution is 0.332. The Labute approximate surface area is 327 Å². The van der Waals surface area contributed by atoms with Crippen molar-refractivity contribution >= 4 is 57.4 Å². The molecule has 55 heavy (non-hydrogen) atoms. The minimum absolute atomic E-state index is 0.0578. The van der Waals surface area contributed by atoms with Crippen LogP contribution in [0.25, 0.3) is 33.0 Å². The number of anilines is 5. The summed E-state index contributed by atoms with van der Waals surface area (Å²) in [6.45, 7) is 16.8. The third-order valence-electron chi connectivity index (χ3n) is 13.2. The Morgan fingerprint density at radius 2 is 1.22 bits per heavy atom. The lowest BCUT2D eigenvalue weighted by Gasteiger charge is -2.46. The summed E-state index contributed by atoms with van der Waals surface area (Å²) in [5, 5.41) is 6.49. The van der Waals surface area contributed by atoms with E-state index in [0.717, 1.165) is 17.8 Å². The van der Waals surface area contributed by atoms with Crippen LogP contribution in [-0.2, 0) is 16.2 Å². The normalized spacial score (nSPS) is 16.7. The summed E-state index contributed by atoms with van der Waals surface area (Å²) in [5.74, 6) is 0.